The van der Waals surface area contributed by atoms with Gasteiger partial charge >= 0.3 is 0 Å². The first-order valence-electron chi connectivity index (χ1n) is 7.11. The summed E-state index contributed by atoms with van der Waals surface area (Å²) in [5, 5.41) is 10.2. The van der Waals surface area contributed by atoms with Crippen LogP contribution in [0, 0.1) is 5.92 Å². The maximum absolute atomic E-state index is 10.2. The lowest BCUT2D eigenvalue weighted by molar-refractivity contribution is -0.0919. The average Bonchev–Trinajstić information content (AvgIpc) is 2.47. The number of hydrogen-bond acceptors (Lipinski definition) is 4. The van der Waals surface area contributed by atoms with Gasteiger partial charge in [-0.25, -0.2) is 0 Å². The van der Waals surface area contributed by atoms with Crippen molar-refractivity contribution in [2.45, 2.75) is 78.0 Å². The summed E-state index contributed by atoms with van der Waals surface area (Å²) in [5.74, 6) is -0.0309. The molecular formula is C15H30O4. The Hall–Kier alpha value is -0.160. The van der Waals surface area contributed by atoms with Gasteiger partial charge in [0.05, 0.1) is 42.7 Å². The minimum Gasteiger partial charge on any atom is -0.390 e. The van der Waals surface area contributed by atoms with Crippen LogP contribution in [0.15, 0.2) is 0 Å². The van der Waals surface area contributed by atoms with Gasteiger partial charge in [-0.05, 0) is 48.5 Å². The zero-order valence-electron chi connectivity index (χ0n) is 13.4. The number of rotatable bonds is 4. The Kier molecular flexibility index (Phi) is 5.41. The molecule has 0 unspecified atom stereocenters. The lowest BCUT2D eigenvalue weighted by atomic mass is 9.97. The van der Waals surface area contributed by atoms with Gasteiger partial charge < -0.3 is 19.3 Å². The van der Waals surface area contributed by atoms with Gasteiger partial charge in [-0.1, -0.05) is 0 Å². The van der Waals surface area contributed by atoms with Crippen molar-refractivity contribution in [2.24, 2.45) is 5.92 Å². The largest absolute Gasteiger partial charge is 0.390 e. The Morgan fingerprint density at radius 3 is 1.89 bits per heavy atom. The predicted molar refractivity (Wildman–Crippen MR) is 75.2 cm³/mol. The van der Waals surface area contributed by atoms with E-state index in [1.807, 2.05) is 48.5 Å². The van der Waals surface area contributed by atoms with Crippen LogP contribution in [0.25, 0.3) is 0 Å². The van der Waals surface area contributed by atoms with Crippen LogP contribution in [0.1, 0.15) is 48.5 Å². The van der Waals surface area contributed by atoms with Crippen LogP contribution in [0.5, 0.6) is 0 Å². The quantitative estimate of drug-likeness (QED) is 0.855. The molecule has 19 heavy (non-hydrogen) atoms. The van der Waals surface area contributed by atoms with E-state index in [0.717, 1.165) is 0 Å². The Morgan fingerprint density at radius 1 is 0.947 bits per heavy atom. The molecule has 0 bridgehead atoms. The first kappa shape index (κ1) is 16.9. The lowest BCUT2D eigenvalue weighted by Crippen LogP contribution is -2.37. The van der Waals surface area contributed by atoms with Crippen molar-refractivity contribution in [1.82, 2.24) is 0 Å². The molecule has 114 valence electrons. The molecule has 0 aromatic carbocycles. The summed E-state index contributed by atoms with van der Waals surface area (Å²) in [6.45, 7) is 15.0. The minimum atomic E-state index is -0.490. The summed E-state index contributed by atoms with van der Waals surface area (Å²) >= 11 is 0. The SMILES string of the molecule is C[C@@H]1O[C@H](COC(C)(C)C)[C@H](COC(C)(C)C)[C@@H]1O. The summed E-state index contributed by atoms with van der Waals surface area (Å²) in [7, 11) is 0. The summed E-state index contributed by atoms with van der Waals surface area (Å²) in [5.41, 5.74) is -0.406. The first-order chi connectivity index (χ1) is 8.49. The van der Waals surface area contributed by atoms with Crippen molar-refractivity contribution in [3.63, 3.8) is 0 Å². The molecule has 1 N–H and O–H groups in total. The molecular weight excluding hydrogens is 244 g/mol. The molecule has 1 rings (SSSR count). The molecule has 1 saturated heterocycles. The fraction of sp³-hybridized carbons (Fsp3) is 1.00. The molecule has 0 aliphatic carbocycles. The molecule has 1 heterocycles. The molecule has 0 aromatic rings. The second kappa shape index (κ2) is 6.08. The van der Waals surface area contributed by atoms with Crippen LogP contribution in [0.3, 0.4) is 0 Å². The summed E-state index contributed by atoms with van der Waals surface area (Å²) in [6, 6.07) is 0. The van der Waals surface area contributed by atoms with Crippen molar-refractivity contribution >= 4 is 0 Å². The Balaban J connectivity index is 2.57. The topological polar surface area (TPSA) is 47.9 Å². The third kappa shape index (κ3) is 5.78. The van der Waals surface area contributed by atoms with Crippen LogP contribution < -0.4 is 0 Å². The van der Waals surface area contributed by atoms with E-state index < -0.39 is 6.10 Å². The van der Waals surface area contributed by atoms with Gasteiger partial charge in [-0.15, -0.1) is 0 Å². The van der Waals surface area contributed by atoms with Gasteiger partial charge in [-0.2, -0.15) is 0 Å². The number of aliphatic hydroxyl groups excluding tert-OH is 1. The van der Waals surface area contributed by atoms with E-state index >= 15 is 0 Å². The highest BCUT2D eigenvalue weighted by atomic mass is 16.6. The van der Waals surface area contributed by atoms with E-state index in [0.29, 0.717) is 13.2 Å². The molecule has 0 saturated carbocycles. The average molecular weight is 274 g/mol. The third-order valence-electron chi connectivity index (χ3n) is 3.18. The second-order valence-corrected chi connectivity index (χ2v) is 7.38. The van der Waals surface area contributed by atoms with E-state index in [4.69, 9.17) is 14.2 Å². The van der Waals surface area contributed by atoms with Gasteiger partial charge in [0.1, 0.15) is 0 Å². The second-order valence-electron chi connectivity index (χ2n) is 7.38. The van der Waals surface area contributed by atoms with Gasteiger partial charge in [0.15, 0.2) is 0 Å². The van der Waals surface area contributed by atoms with E-state index in [2.05, 4.69) is 0 Å². The zero-order valence-corrected chi connectivity index (χ0v) is 13.4. The molecule has 0 amide bonds. The van der Waals surface area contributed by atoms with Crippen molar-refractivity contribution in [1.29, 1.82) is 0 Å². The third-order valence-corrected chi connectivity index (χ3v) is 3.18. The number of aliphatic hydroxyl groups is 1. The van der Waals surface area contributed by atoms with Crippen LogP contribution in [-0.4, -0.2) is 47.8 Å². The summed E-state index contributed by atoms with van der Waals surface area (Å²) < 4.78 is 17.4. The fourth-order valence-corrected chi connectivity index (χ4v) is 2.07. The standard InChI is InChI=1S/C15H30O4/c1-10-13(16)11(8-17-14(2,3)4)12(19-10)9-18-15(5,6)7/h10-13,16H,8-9H2,1-7H3/t10-,11-,12+,13+/m0/s1. The minimum absolute atomic E-state index is 0.0309. The Labute approximate surface area is 117 Å². The van der Waals surface area contributed by atoms with E-state index in [1.54, 1.807) is 0 Å². The molecule has 0 radical (unpaired) electrons. The molecule has 1 fully saturated rings. The van der Waals surface area contributed by atoms with Gasteiger partial charge in [0.25, 0.3) is 0 Å². The predicted octanol–water partition coefficient (Wildman–Crippen LogP) is 2.38. The smallest absolute Gasteiger partial charge is 0.0889 e. The molecule has 1 aliphatic rings. The molecule has 4 atom stereocenters. The van der Waals surface area contributed by atoms with Gasteiger partial charge in [0.2, 0.25) is 0 Å². The van der Waals surface area contributed by atoms with Crippen LogP contribution >= 0.6 is 0 Å². The van der Waals surface area contributed by atoms with Crippen LogP contribution in [0.4, 0.5) is 0 Å². The monoisotopic (exact) mass is 274 g/mol. The van der Waals surface area contributed by atoms with Crippen molar-refractivity contribution < 1.29 is 19.3 Å². The number of ether oxygens (including phenoxy) is 3. The van der Waals surface area contributed by atoms with Crippen molar-refractivity contribution in [2.75, 3.05) is 13.2 Å². The summed E-state index contributed by atoms with van der Waals surface area (Å²) in [4.78, 5) is 0. The zero-order chi connectivity index (χ0) is 14.8. The van der Waals surface area contributed by atoms with Crippen LogP contribution in [0.2, 0.25) is 0 Å². The van der Waals surface area contributed by atoms with E-state index in [9.17, 15) is 5.11 Å². The normalized spacial score (nSPS) is 32.8. The maximum atomic E-state index is 10.2. The maximum Gasteiger partial charge on any atom is 0.0889 e. The molecule has 0 spiro atoms. The highest BCUT2D eigenvalue weighted by Crippen LogP contribution is 2.29. The van der Waals surface area contributed by atoms with E-state index in [1.165, 1.54) is 0 Å². The van der Waals surface area contributed by atoms with Crippen molar-refractivity contribution in [3.05, 3.63) is 0 Å². The number of hydrogen-bond donors (Lipinski definition) is 1. The molecule has 4 heteroatoms. The highest BCUT2D eigenvalue weighted by molar-refractivity contribution is 4.89. The fourth-order valence-electron chi connectivity index (χ4n) is 2.07. The molecule has 1 aliphatic heterocycles. The van der Waals surface area contributed by atoms with Crippen molar-refractivity contribution in [3.8, 4) is 0 Å². The van der Waals surface area contributed by atoms with Crippen LogP contribution in [-0.2, 0) is 14.2 Å². The van der Waals surface area contributed by atoms with Gasteiger partial charge in [-0.3, -0.25) is 0 Å². The lowest BCUT2D eigenvalue weighted by Gasteiger charge is -2.28. The highest BCUT2D eigenvalue weighted by Gasteiger charge is 2.42. The van der Waals surface area contributed by atoms with E-state index in [-0.39, 0.29) is 29.3 Å². The van der Waals surface area contributed by atoms with Gasteiger partial charge in [0, 0.05) is 5.92 Å². The first-order valence-corrected chi connectivity index (χ1v) is 7.11. The summed E-state index contributed by atoms with van der Waals surface area (Å²) in [6.07, 6.45) is -0.760. The molecule has 4 nitrogen and oxygen atoms in total. The molecule has 0 aromatic heterocycles. The Morgan fingerprint density at radius 2 is 1.42 bits per heavy atom. The Bertz CT molecular complexity index is 277.